The molecule has 1 aliphatic heterocycles. The highest BCUT2D eigenvalue weighted by Crippen LogP contribution is 2.31. The van der Waals surface area contributed by atoms with E-state index in [1.807, 2.05) is 19.1 Å². The monoisotopic (exact) mass is 370 g/mol. The van der Waals surface area contributed by atoms with Crippen LogP contribution in [0, 0.1) is 0 Å². The van der Waals surface area contributed by atoms with Gasteiger partial charge in [0.25, 0.3) is 5.91 Å². The Morgan fingerprint density at radius 3 is 2.52 bits per heavy atom. The van der Waals surface area contributed by atoms with Crippen LogP contribution >= 0.6 is 0 Å². The second-order valence-corrected chi connectivity index (χ2v) is 5.99. The van der Waals surface area contributed by atoms with Crippen LogP contribution in [0.4, 0.5) is 5.69 Å². The van der Waals surface area contributed by atoms with Gasteiger partial charge in [-0.2, -0.15) is 0 Å². The summed E-state index contributed by atoms with van der Waals surface area (Å²) in [6.45, 7) is 2.25. The zero-order valence-corrected chi connectivity index (χ0v) is 15.3. The van der Waals surface area contributed by atoms with E-state index in [-0.39, 0.29) is 25.0 Å². The molecule has 1 unspecified atom stereocenters. The lowest BCUT2D eigenvalue weighted by molar-refractivity contribution is -0.143. The molecule has 142 valence electrons. The lowest BCUT2D eigenvalue weighted by atomic mass is 10.2. The van der Waals surface area contributed by atoms with Gasteiger partial charge in [0.1, 0.15) is 12.4 Å². The molecule has 2 aromatic carbocycles. The number of para-hydroxylation sites is 2. The number of carbonyl (C=O) groups is 2. The van der Waals surface area contributed by atoms with Crippen LogP contribution in [-0.2, 0) is 9.59 Å². The lowest BCUT2D eigenvalue weighted by Gasteiger charge is -2.29. The fourth-order valence-corrected chi connectivity index (χ4v) is 2.74. The minimum Gasteiger partial charge on any atom is -0.497 e. The molecule has 0 radical (unpaired) electrons. The van der Waals surface area contributed by atoms with E-state index in [4.69, 9.17) is 14.2 Å². The minimum atomic E-state index is -0.770. The third-order valence-electron chi connectivity index (χ3n) is 4.19. The molecule has 0 aliphatic carbocycles. The van der Waals surface area contributed by atoms with Crippen LogP contribution in [0.15, 0.2) is 48.5 Å². The molecule has 1 N–H and O–H groups in total. The van der Waals surface area contributed by atoms with Crippen molar-refractivity contribution in [3.05, 3.63) is 48.5 Å². The van der Waals surface area contributed by atoms with Gasteiger partial charge < -0.3 is 24.4 Å². The number of ether oxygens (including phenoxy) is 3. The number of anilines is 1. The molecule has 1 aliphatic rings. The maximum Gasteiger partial charge on any atom is 0.267 e. The number of rotatable bonds is 6. The van der Waals surface area contributed by atoms with E-state index >= 15 is 0 Å². The Hall–Kier alpha value is -3.22. The first-order valence-corrected chi connectivity index (χ1v) is 8.72. The predicted octanol–water partition coefficient (Wildman–Crippen LogP) is 2.32. The summed E-state index contributed by atoms with van der Waals surface area (Å²) in [4.78, 5) is 26.5. The van der Waals surface area contributed by atoms with E-state index in [2.05, 4.69) is 5.32 Å². The predicted molar refractivity (Wildman–Crippen MR) is 100 cm³/mol. The molecule has 0 saturated carbocycles. The van der Waals surface area contributed by atoms with Gasteiger partial charge in [-0.1, -0.05) is 12.1 Å². The summed E-state index contributed by atoms with van der Waals surface area (Å²) in [6, 6.07) is 14.2. The highest BCUT2D eigenvalue weighted by Gasteiger charge is 2.31. The second-order valence-electron chi connectivity index (χ2n) is 5.99. The van der Waals surface area contributed by atoms with Gasteiger partial charge in [-0.3, -0.25) is 9.59 Å². The Labute approximate surface area is 157 Å². The average molecular weight is 370 g/mol. The molecule has 7 heteroatoms. The largest absolute Gasteiger partial charge is 0.497 e. The van der Waals surface area contributed by atoms with Crippen molar-refractivity contribution in [2.75, 3.05) is 32.1 Å². The first-order chi connectivity index (χ1) is 13.1. The van der Waals surface area contributed by atoms with Gasteiger partial charge in [-0.25, -0.2) is 0 Å². The van der Waals surface area contributed by atoms with Crippen LogP contribution in [0.5, 0.6) is 17.2 Å². The van der Waals surface area contributed by atoms with Crippen molar-refractivity contribution in [2.45, 2.75) is 13.0 Å². The Morgan fingerprint density at radius 1 is 1.15 bits per heavy atom. The van der Waals surface area contributed by atoms with Crippen molar-refractivity contribution in [3.63, 3.8) is 0 Å². The third kappa shape index (κ3) is 4.49. The molecule has 0 bridgehead atoms. The van der Waals surface area contributed by atoms with Gasteiger partial charge >= 0.3 is 0 Å². The Balaban J connectivity index is 1.59. The van der Waals surface area contributed by atoms with Crippen LogP contribution in [0.1, 0.15) is 6.92 Å². The van der Waals surface area contributed by atoms with Gasteiger partial charge in [0.2, 0.25) is 12.0 Å². The number of hydrogen-bond donors (Lipinski definition) is 1. The summed E-state index contributed by atoms with van der Waals surface area (Å²) in [5.74, 6) is 1.28. The smallest absolute Gasteiger partial charge is 0.267 e. The summed E-state index contributed by atoms with van der Waals surface area (Å²) < 4.78 is 16.4. The molecular weight excluding hydrogens is 348 g/mol. The van der Waals surface area contributed by atoms with Crippen LogP contribution in [0.25, 0.3) is 0 Å². The SMILES string of the molecule is CCN(CC(=O)Nc1ccc(OC)cc1)C(=O)C1COc2ccccc2O1. The van der Waals surface area contributed by atoms with Gasteiger partial charge in [-0.05, 0) is 43.3 Å². The maximum atomic E-state index is 12.7. The van der Waals surface area contributed by atoms with Crippen LogP contribution in [0.3, 0.4) is 0 Å². The molecule has 2 amide bonds. The van der Waals surface area contributed by atoms with Gasteiger partial charge in [-0.15, -0.1) is 0 Å². The molecule has 3 rings (SSSR count). The van der Waals surface area contributed by atoms with E-state index in [0.717, 1.165) is 0 Å². The van der Waals surface area contributed by atoms with Crippen LogP contribution in [0.2, 0.25) is 0 Å². The van der Waals surface area contributed by atoms with E-state index in [1.54, 1.807) is 43.5 Å². The number of likely N-dealkylation sites (N-methyl/N-ethyl adjacent to an activating group) is 1. The number of nitrogens with zero attached hydrogens (tertiary/aromatic N) is 1. The number of nitrogens with one attached hydrogen (secondary N) is 1. The molecule has 0 spiro atoms. The fraction of sp³-hybridized carbons (Fsp3) is 0.300. The average Bonchev–Trinajstić information content (AvgIpc) is 2.71. The Bertz CT molecular complexity index is 806. The first-order valence-electron chi connectivity index (χ1n) is 8.72. The van der Waals surface area contributed by atoms with Crippen LogP contribution < -0.4 is 19.5 Å². The van der Waals surface area contributed by atoms with E-state index in [9.17, 15) is 9.59 Å². The summed E-state index contributed by atoms with van der Waals surface area (Å²) in [7, 11) is 1.58. The molecule has 0 aromatic heterocycles. The Kier molecular flexibility index (Phi) is 5.80. The summed E-state index contributed by atoms with van der Waals surface area (Å²) in [5, 5.41) is 2.77. The standard InChI is InChI=1S/C20H22N2O5/c1-3-22(12-19(23)21-14-8-10-15(25-2)11-9-14)20(24)18-13-26-16-6-4-5-7-17(16)27-18/h4-11,18H,3,12-13H2,1-2H3,(H,21,23). The minimum absolute atomic E-state index is 0.0666. The summed E-state index contributed by atoms with van der Waals surface area (Å²) >= 11 is 0. The van der Waals surface area contributed by atoms with Crippen molar-refractivity contribution in [1.29, 1.82) is 0 Å². The third-order valence-corrected chi connectivity index (χ3v) is 4.19. The zero-order valence-electron chi connectivity index (χ0n) is 15.3. The van der Waals surface area contributed by atoms with Crippen molar-refractivity contribution < 1.29 is 23.8 Å². The number of amides is 2. The van der Waals surface area contributed by atoms with Crippen LogP contribution in [-0.4, -0.2) is 49.6 Å². The van der Waals surface area contributed by atoms with Crippen molar-refractivity contribution in [2.24, 2.45) is 0 Å². The number of hydrogen-bond acceptors (Lipinski definition) is 5. The molecule has 1 heterocycles. The molecule has 0 saturated heterocycles. The summed E-state index contributed by atoms with van der Waals surface area (Å²) in [5.41, 5.74) is 0.635. The van der Waals surface area contributed by atoms with Crippen molar-refractivity contribution in [3.8, 4) is 17.2 Å². The normalized spacial score (nSPS) is 15.0. The summed E-state index contributed by atoms with van der Waals surface area (Å²) in [6.07, 6.45) is -0.770. The Morgan fingerprint density at radius 2 is 1.85 bits per heavy atom. The maximum absolute atomic E-state index is 12.7. The molecule has 27 heavy (non-hydrogen) atoms. The number of fused-ring (bicyclic) bond motifs is 1. The van der Waals surface area contributed by atoms with Gasteiger partial charge in [0, 0.05) is 12.2 Å². The fourth-order valence-electron chi connectivity index (χ4n) is 2.74. The molecule has 1 atom stereocenters. The highest BCUT2D eigenvalue weighted by molar-refractivity contribution is 5.95. The lowest BCUT2D eigenvalue weighted by Crippen LogP contribution is -2.48. The highest BCUT2D eigenvalue weighted by atomic mass is 16.6. The zero-order chi connectivity index (χ0) is 19.2. The van der Waals surface area contributed by atoms with E-state index in [0.29, 0.717) is 29.5 Å². The van der Waals surface area contributed by atoms with Crippen molar-refractivity contribution in [1.82, 2.24) is 4.90 Å². The van der Waals surface area contributed by atoms with Gasteiger partial charge in [0.05, 0.1) is 13.7 Å². The molecule has 7 nitrogen and oxygen atoms in total. The molecular formula is C20H22N2O5. The van der Waals surface area contributed by atoms with E-state index < -0.39 is 6.10 Å². The number of carbonyl (C=O) groups excluding carboxylic acids is 2. The van der Waals surface area contributed by atoms with E-state index in [1.165, 1.54) is 4.90 Å². The quantitative estimate of drug-likeness (QED) is 0.844. The molecule has 2 aromatic rings. The van der Waals surface area contributed by atoms with Gasteiger partial charge in [0.15, 0.2) is 11.5 Å². The second kappa shape index (κ2) is 8.44. The first kappa shape index (κ1) is 18.6. The topological polar surface area (TPSA) is 77.1 Å². The van der Waals surface area contributed by atoms with Crippen molar-refractivity contribution >= 4 is 17.5 Å². The number of methoxy groups -OCH3 is 1. The molecule has 0 fully saturated rings. The number of benzene rings is 2.